The number of carbonyl (C=O) groups excluding carboxylic acids is 3. The van der Waals surface area contributed by atoms with Crippen molar-refractivity contribution in [1.29, 1.82) is 0 Å². The van der Waals surface area contributed by atoms with Crippen LogP contribution in [0.4, 0.5) is 5.69 Å². The fraction of sp³-hybridized carbons (Fsp3) is 0.447. The van der Waals surface area contributed by atoms with E-state index in [1.165, 1.54) is 52.1 Å². The highest BCUT2D eigenvalue weighted by Crippen LogP contribution is 2.31. The van der Waals surface area contributed by atoms with Gasteiger partial charge in [-0.05, 0) is 73.8 Å². The number of para-hydroxylation sites is 1. The highest BCUT2D eigenvalue weighted by molar-refractivity contribution is 6.12. The average molecular weight is 611 g/mol. The summed E-state index contributed by atoms with van der Waals surface area (Å²) >= 11 is 0. The molecule has 0 spiro atoms. The van der Waals surface area contributed by atoms with Crippen molar-refractivity contribution in [2.45, 2.75) is 70.3 Å². The molecule has 1 N–H and O–H groups in total. The second-order valence-corrected chi connectivity index (χ2v) is 12.5. The summed E-state index contributed by atoms with van der Waals surface area (Å²) in [4.78, 5) is 41.2. The van der Waals surface area contributed by atoms with Crippen molar-refractivity contribution in [3.8, 4) is 5.75 Å². The van der Waals surface area contributed by atoms with Crippen LogP contribution in [0.5, 0.6) is 5.75 Å². The van der Waals surface area contributed by atoms with Gasteiger partial charge in [-0.1, -0.05) is 73.9 Å². The number of anilines is 1. The Hall–Kier alpha value is -4.13. The molecule has 7 nitrogen and oxygen atoms in total. The molecule has 0 unspecified atom stereocenters. The third-order valence-electron chi connectivity index (χ3n) is 8.94. The molecule has 238 valence electrons. The van der Waals surface area contributed by atoms with Crippen LogP contribution in [0.2, 0.25) is 0 Å². The SMILES string of the molecule is COC(=O)[C@H](Cc1ccc(OCCCN(CC2CC2)C(=O)CC2CCCCC2)cc1)Nc1ccccc1C(=O)c1ccccc1. The minimum atomic E-state index is -0.685. The van der Waals surface area contributed by atoms with Crippen molar-refractivity contribution in [1.82, 2.24) is 4.90 Å². The molecule has 7 heteroatoms. The van der Waals surface area contributed by atoms with Gasteiger partial charge in [-0.2, -0.15) is 0 Å². The van der Waals surface area contributed by atoms with Crippen molar-refractivity contribution in [2.24, 2.45) is 11.8 Å². The third-order valence-corrected chi connectivity index (χ3v) is 8.94. The second-order valence-electron chi connectivity index (χ2n) is 12.5. The molecule has 0 bridgehead atoms. The molecule has 2 aliphatic rings. The van der Waals surface area contributed by atoms with Crippen LogP contribution in [0.3, 0.4) is 0 Å². The number of benzene rings is 3. The summed E-state index contributed by atoms with van der Waals surface area (Å²) in [6.07, 6.45) is 10.6. The predicted octanol–water partition coefficient (Wildman–Crippen LogP) is 7.09. The van der Waals surface area contributed by atoms with Crippen LogP contribution >= 0.6 is 0 Å². The fourth-order valence-corrected chi connectivity index (χ4v) is 6.18. The van der Waals surface area contributed by atoms with Gasteiger partial charge in [0, 0.05) is 42.7 Å². The van der Waals surface area contributed by atoms with Crippen LogP contribution < -0.4 is 10.1 Å². The standard InChI is InChI=1S/C38H46N2O5/c1-44-38(43)35(39-34-16-9-8-15-33(34)37(42)31-13-6-3-7-14-31)25-29-19-21-32(22-20-29)45-24-10-23-40(27-30-17-18-30)36(41)26-28-11-4-2-5-12-28/h3,6-9,13-16,19-22,28,30,35,39H,2,4-5,10-12,17-18,23-27H2,1H3/t35-/m0/s1. The van der Waals surface area contributed by atoms with E-state index in [0.717, 1.165) is 30.8 Å². The number of methoxy groups -OCH3 is 1. The second kappa shape index (κ2) is 16.3. The van der Waals surface area contributed by atoms with E-state index >= 15 is 0 Å². The fourth-order valence-electron chi connectivity index (χ4n) is 6.18. The van der Waals surface area contributed by atoms with Crippen molar-refractivity contribution >= 4 is 23.3 Å². The first-order chi connectivity index (χ1) is 22.0. The molecule has 5 rings (SSSR count). The quantitative estimate of drug-likeness (QED) is 0.106. The molecule has 1 atom stereocenters. The lowest BCUT2D eigenvalue weighted by atomic mass is 9.86. The molecule has 2 saturated carbocycles. The third kappa shape index (κ3) is 9.68. The summed E-state index contributed by atoms with van der Waals surface area (Å²) in [5.41, 5.74) is 2.59. The van der Waals surface area contributed by atoms with Crippen molar-refractivity contribution in [2.75, 3.05) is 32.1 Å². The lowest BCUT2D eigenvalue weighted by molar-refractivity contribution is -0.141. The summed E-state index contributed by atoms with van der Waals surface area (Å²) in [7, 11) is 1.37. The molecule has 0 heterocycles. The lowest BCUT2D eigenvalue weighted by Gasteiger charge is -2.27. The largest absolute Gasteiger partial charge is 0.494 e. The summed E-state index contributed by atoms with van der Waals surface area (Å²) in [5, 5.41) is 3.26. The summed E-state index contributed by atoms with van der Waals surface area (Å²) in [6, 6.07) is 23.3. The summed E-state index contributed by atoms with van der Waals surface area (Å²) < 4.78 is 11.1. The number of carbonyl (C=O) groups is 3. The number of rotatable bonds is 16. The summed E-state index contributed by atoms with van der Waals surface area (Å²) in [6.45, 7) is 2.16. The van der Waals surface area contributed by atoms with E-state index in [4.69, 9.17) is 9.47 Å². The van der Waals surface area contributed by atoms with Gasteiger partial charge in [-0.25, -0.2) is 4.79 Å². The van der Waals surface area contributed by atoms with Crippen LogP contribution in [0.15, 0.2) is 78.9 Å². The van der Waals surface area contributed by atoms with Gasteiger partial charge in [0.1, 0.15) is 11.8 Å². The van der Waals surface area contributed by atoms with E-state index in [9.17, 15) is 14.4 Å². The highest BCUT2D eigenvalue weighted by Gasteiger charge is 2.28. The van der Waals surface area contributed by atoms with E-state index in [-0.39, 0.29) is 5.78 Å². The Morgan fingerprint density at radius 1 is 0.844 bits per heavy atom. The topological polar surface area (TPSA) is 84.9 Å². The van der Waals surface area contributed by atoms with Crippen molar-refractivity contribution in [3.05, 3.63) is 95.6 Å². The Morgan fingerprint density at radius 3 is 2.27 bits per heavy atom. The zero-order valence-corrected chi connectivity index (χ0v) is 26.4. The molecule has 0 aliphatic heterocycles. The Kier molecular flexibility index (Phi) is 11.7. The van der Waals surface area contributed by atoms with Gasteiger partial charge >= 0.3 is 5.97 Å². The Bertz CT molecular complexity index is 1400. The van der Waals surface area contributed by atoms with Gasteiger partial charge in [0.15, 0.2) is 5.78 Å². The van der Waals surface area contributed by atoms with Gasteiger partial charge in [0.2, 0.25) is 5.91 Å². The Morgan fingerprint density at radius 2 is 1.56 bits per heavy atom. The van der Waals surface area contributed by atoms with E-state index in [1.807, 2.05) is 54.6 Å². The Labute approximate surface area is 267 Å². The zero-order valence-electron chi connectivity index (χ0n) is 26.4. The maximum Gasteiger partial charge on any atom is 0.328 e. The molecule has 3 aromatic rings. The van der Waals surface area contributed by atoms with Gasteiger partial charge in [-0.3, -0.25) is 9.59 Å². The predicted molar refractivity (Wildman–Crippen MR) is 176 cm³/mol. The van der Waals surface area contributed by atoms with Gasteiger partial charge in [-0.15, -0.1) is 0 Å². The van der Waals surface area contributed by atoms with Crippen LogP contribution in [-0.4, -0.2) is 55.4 Å². The summed E-state index contributed by atoms with van der Waals surface area (Å²) in [5.74, 6) is 1.78. The highest BCUT2D eigenvalue weighted by atomic mass is 16.5. The number of amides is 1. The maximum atomic E-state index is 13.2. The van der Waals surface area contributed by atoms with Crippen LogP contribution in [0.25, 0.3) is 0 Å². The number of hydrogen-bond donors (Lipinski definition) is 1. The monoisotopic (exact) mass is 610 g/mol. The van der Waals surface area contributed by atoms with Crippen LogP contribution in [-0.2, 0) is 20.7 Å². The Balaban J connectivity index is 1.13. The number of esters is 1. The molecule has 2 aliphatic carbocycles. The first kappa shape index (κ1) is 32.3. The molecule has 0 saturated heterocycles. The van der Waals surface area contributed by atoms with Crippen molar-refractivity contribution in [3.63, 3.8) is 0 Å². The zero-order chi connectivity index (χ0) is 31.4. The maximum absolute atomic E-state index is 13.2. The van der Waals surface area contributed by atoms with E-state index in [1.54, 1.807) is 24.3 Å². The smallest absolute Gasteiger partial charge is 0.328 e. The first-order valence-corrected chi connectivity index (χ1v) is 16.5. The molecule has 1 amide bonds. The molecule has 45 heavy (non-hydrogen) atoms. The van der Waals surface area contributed by atoms with Crippen LogP contribution in [0.1, 0.15) is 79.3 Å². The molecular formula is C38H46N2O5. The van der Waals surface area contributed by atoms with Gasteiger partial charge in [0.05, 0.1) is 13.7 Å². The average Bonchev–Trinajstić information content (AvgIpc) is 3.91. The number of nitrogens with zero attached hydrogens (tertiary/aromatic N) is 1. The van der Waals surface area contributed by atoms with Crippen molar-refractivity contribution < 1.29 is 23.9 Å². The minimum Gasteiger partial charge on any atom is -0.494 e. The van der Waals surface area contributed by atoms with E-state index in [0.29, 0.717) is 54.0 Å². The number of nitrogens with one attached hydrogen (secondary N) is 1. The number of ether oxygens (including phenoxy) is 2. The van der Waals surface area contributed by atoms with Gasteiger partial charge in [0.25, 0.3) is 0 Å². The van der Waals surface area contributed by atoms with Crippen LogP contribution in [0, 0.1) is 11.8 Å². The molecular weight excluding hydrogens is 564 g/mol. The molecule has 2 fully saturated rings. The van der Waals surface area contributed by atoms with E-state index in [2.05, 4.69) is 10.2 Å². The normalized spacial score (nSPS) is 15.6. The van der Waals surface area contributed by atoms with Gasteiger partial charge < -0.3 is 19.7 Å². The first-order valence-electron chi connectivity index (χ1n) is 16.5. The van der Waals surface area contributed by atoms with E-state index < -0.39 is 12.0 Å². The lowest BCUT2D eigenvalue weighted by Crippen LogP contribution is -2.35. The molecule has 0 aromatic heterocycles. The number of ketones is 1. The molecule has 3 aromatic carbocycles. The number of hydrogen-bond acceptors (Lipinski definition) is 6. The molecule has 0 radical (unpaired) electrons. The minimum absolute atomic E-state index is 0.118.